The topological polar surface area (TPSA) is 45.7 Å². The fourth-order valence-corrected chi connectivity index (χ4v) is 1.96. The minimum absolute atomic E-state index is 0.146. The average molecular weight is 291 g/mol. The number of hydrogen-bond acceptors (Lipinski definition) is 2. The van der Waals surface area contributed by atoms with Gasteiger partial charge >= 0.3 is 0 Å². The van der Waals surface area contributed by atoms with E-state index in [0.29, 0.717) is 0 Å². The lowest BCUT2D eigenvalue weighted by atomic mass is 10.1. The van der Waals surface area contributed by atoms with Crippen molar-refractivity contribution in [3.05, 3.63) is 35.9 Å². The minimum atomic E-state index is 0.146. The van der Waals surface area contributed by atoms with Gasteiger partial charge in [-0.05, 0) is 25.3 Å². The Bertz CT molecular complexity index is 392. The number of ether oxygens (including phenoxy) is 1. The lowest BCUT2D eigenvalue weighted by molar-refractivity contribution is 0.0646. The number of benzene rings is 1. The van der Waals surface area contributed by atoms with Gasteiger partial charge in [0, 0.05) is 26.7 Å². The van der Waals surface area contributed by atoms with Gasteiger partial charge in [-0.3, -0.25) is 4.99 Å². The van der Waals surface area contributed by atoms with Gasteiger partial charge in [-0.25, -0.2) is 0 Å². The summed E-state index contributed by atoms with van der Waals surface area (Å²) < 4.78 is 5.84. The van der Waals surface area contributed by atoms with Crippen molar-refractivity contribution in [2.45, 2.75) is 39.2 Å². The first-order valence-corrected chi connectivity index (χ1v) is 7.89. The summed E-state index contributed by atoms with van der Waals surface area (Å²) in [6.45, 7) is 6.86. The molecule has 0 bridgehead atoms. The fraction of sp³-hybridized carbons (Fsp3) is 0.588. The lowest BCUT2D eigenvalue weighted by Gasteiger charge is -2.14. The van der Waals surface area contributed by atoms with Gasteiger partial charge in [0.2, 0.25) is 0 Å². The molecular weight excluding hydrogens is 262 g/mol. The standard InChI is InChI=1S/C17H29N3O/c1-4-5-12-19-17(18-3)20-13-9-14-21-15(2)16-10-7-6-8-11-16/h6-8,10-11,15H,4-5,9,12-14H2,1-3H3,(H2,18,19,20). The molecule has 1 aromatic carbocycles. The van der Waals surface area contributed by atoms with Crippen LogP contribution in [0.1, 0.15) is 44.8 Å². The van der Waals surface area contributed by atoms with Crippen LogP contribution in [0, 0.1) is 0 Å². The highest BCUT2D eigenvalue weighted by atomic mass is 16.5. The molecule has 4 heteroatoms. The Kier molecular flexibility index (Phi) is 9.29. The molecule has 0 saturated carbocycles. The Balaban J connectivity index is 2.11. The third-order valence-corrected chi connectivity index (χ3v) is 3.30. The van der Waals surface area contributed by atoms with E-state index in [4.69, 9.17) is 4.74 Å². The summed E-state index contributed by atoms with van der Waals surface area (Å²) in [5, 5.41) is 6.59. The van der Waals surface area contributed by atoms with Crippen molar-refractivity contribution in [3.63, 3.8) is 0 Å². The quantitative estimate of drug-likeness (QED) is 0.417. The van der Waals surface area contributed by atoms with Crippen molar-refractivity contribution in [1.82, 2.24) is 10.6 Å². The van der Waals surface area contributed by atoms with Crippen molar-refractivity contribution in [2.24, 2.45) is 4.99 Å². The monoisotopic (exact) mass is 291 g/mol. The number of nitrogens with one attached hydrogen (secondary N) is 2. The molecule has 0 aliphatic heterocycles. The number of unbranched alkanes of at least 4 members (excludes halogenated alkanes) is 1. The van der Waals surface area contributed by atoms with Crippen LogP contribution in [0.4, 0.5) is 0 Å². The van der Waals surface area contributed by atoms with E-state index in [-0.39, 0.29) is 6.10 Å². The molecule has 0 aromatic heterocycles. The normalized spacial score (nSPS) is 13.0. The molecule has 0 heterocycles. The van der Waals surface area contributed by atoms with Gasteiger partial charge in [-0.2, -0.15) is 0 Å². The molecule has 0 radical (unpaired) electrons. The third kappa shape index (κ3) is 7.71. The summed E-state index contributed by atoms with van der Waals surface area (Å²) in [5.41, 5.74) is 1.22. The lowest BCUT2D eigenvalue weighted by Crippen LogP contribution is -2.38. The van der Waals surface area contributed by atoms with Crippen LogP contribution in [0.3, 0.4) is 0 Å². The second-order valence-electron chi connectivity index (χ2n) is 5.06. The van der Waals surface area contributed by atoms with E-state index >= 15 is 0 Å². The van der Waals surface area contributed by atoms with Gasteiger partial charge in [-0.1, -0.05) is 43.7 Å². The van der Waals surface area contributed by atoms with E-state index in [2.05, 4.69) is 41.6 Å². The van der Waals surface area contributed by atoms with Crippen molar-refractivity contribution in [3.8, 4) is 0 Å². The Labute approximate surface area is 129 Å². The summed E-state index contributed by atoms with van der Waals surface area (Å²) in [5.74, 6) is 0.875. The smallest absolute Gasteiger partial charge is 0.190 e. The number of hydrogen-bond donors (Lipinski definition) is 2. The molecule has 0 fully saturated rings. The van der Waals surface area contributed by atoms with Crippen molar-refractivity contribution >= 4 is 5.96 Å². The van der Waals surface area contributed by atoms with E-state index < -0.39 is 0 Å². The summed E-state index contributed by atoms with van der Waals surface area (Å²) >= 11 is 0. The first-order chi connectivity index (χ1) is 10.3. The summed E-state index contributed by atoms with van der Waals surface area (Å²) in [6.07, 6.45) is 3.47. The van der Waals surface area contributed by atoms with Crippen LogP contribution >= 0.6 is 0 Å². The Morgan fingerprint density at radius 3 is 2.43 bits per heavy atom. The van der Waals surface area contributed by atoms with E-state index in [0.717, 1.165) is 32.1 Å². The Morgan fingerprint density at radius 2 is 1.81 bits per heavy atom. The number of aliphatic imine (C=N–C) groups is 1. The predicted molar refractivity (Wildman–Crippen MR) is 89.7 cm³/mol. The highest BCUT2D eigenvalue weighted by Gasteiger charge is 2.04. The van der Waals surface area contributed by atoms with Gasteiger partial charge in [0.05, 0.1) is 6.10 Å². The average Bonchev–Trinajstić information content (AvgIpc) is 2.53. The second-order valence-corrected chi connectivity index (χ2v) is 5.06. The maximum atomic E-state index is 5.84. The third-order valence-electron chi connectivity index (χ3n) is 3.30. The number of rotatable bonds is 9. The summed E-state index contributed by atoms with van der Waals surface area (Å²) in [7, 11) is 1.80. The molecule has 21 heavy (non-hydrogen) atoms. The van der Waals surface area contributed by atoms with E-state index in [1.807, 2.05) is 18.2 Å². The first kappa shape index (κ1) is 17.5. The number of guanidine groups is 1. The van der Waals surface area contributed by atoms with Crippen LogP contribution in [-0.4, -0.2) is 32.7 Å². The van der Waals surface area contributed by atoms with Crippen LogP contribution in [-0.2, 0) is 4.74 Å². The molecule has 0 saturated heterocycles. The van der Waals surface area contributed by atoms with Crippen molar-refractivity contribution in [2.75, 3.05) is 26.7 Å². The minimum Gasteiger partial charge on any atom is -0.374 e. The molecule has 0 spiro atoms. The van der Waals surface area contributed by atoms with Crippen LogP contribution in [0.2, 0.25) is 0 Å². The zero-order valence-electron chi connectivity index (χ0n) is 13.6. The molecule has 1 atom stereocenters. The van der Waals surface area contributed by atoms with Crippen LogP contribution in [0.5, 0.6) is 0 Å². The molecule has 0 aliphatic rings. The summed E-state index contributed by atoms with van der Waals surface area (Å²) in [6, 6.07) is 10.3. The SMILES string of the molecule is CCCCNC(=NC)NCCCOC(C)c1ccccc1. The maximum Gasteiger partial charge on any atom is 0.190 e. The second kappa shape index (κ2) is 11.1. The zero-order valence-corrected chi connectivity index (χ0v) is 13.6. The Morgan fingerprint density at radius 1 is 1.14 bits per heavy atom. The highest BCUT2D eigenvalue weighted by Crippen LogP contribution is 2.15. The molecule has 1 aromatic rings. The van der Waals surface area contributed by atoms with Gasteiger partial charge in [0.1, 0.15) is 0 Å². The number of nitrogens with zero attached hydrogens (tertiary/aromatic N) is 1. The molecule has 2 N–H and O–H groups in total. The first-order valence-electron chi connectivity index (χ1n) is 7.89. The van der Waals surface area contributed by atoms with Gasteiger partial charge in [-0.15, -0.1) is 0 Å². The Hall–Kier alpha value is -1.55. The van der Waals surface area contributed by atoms with Gasteiger partial charge in [0.25, 0.3) is 0 Å². The molecule has 1 unspecified atom stereocenters. The van der Waals surface area contributed by atoms with E-state index in [1.54, 1.807) is 7.05 Å². The maximum absolute atomic E-state index is 5.84. The van der Waals surface area contributed by atoms with E-state index in [9.17, 15) is 0 Å². The molecule has 1 rings (SSSR count). The van der Waals surface area contributed by atoms with E-state index in [1.165, 1.54) is 18.4 Å². The van der Waals surface area contributed by atoms with Gasteiger partial charge in [0.15, 0.2) is 5.96 Å². The molecule has 4 nitrogen and oxygen atoms in total. The highest BCUT2D eigenvalue weighted by molar-refractivity contribution is 5.79. The van der Waals surface area contributed by atoms with Crippen LogP contribution in [0.25, 0.3) is 0 Å². The van der Waals surface area contributed by atoms with Crippen LogP contribution < -0.4 is 10.6 Å². The molecule has 118 valence electrons. The molecular formula is C17H29N3O. The van der Waals surface area contributed by atoms with Crippen molar-refractivity contribution < 1.29 is 4.74 Å². The fourth-order valence-electron chi connectivity index (χ4n) is 1.96. The largest absolute Gasteiger partial charge is 0.374 e. The predicted octanol–water partition coefficient (Wildman–Crippen LogP) is 3.12. The summed E-state index contributed by atoms with van der Waals surface area (Å²) in [4.78, 5) is 4.19. The van der Waals surface area contributed by atoms with Crippen LogP contribution in [0.15, 0.2) is 35.3 Å². The van der Waals surface area contributed by atoms with Gasteiger partial charge < -0.3 is 15.4 Å². The van der Waals surface area contributed by atoms with Crippen molar-refractivity contribution in [1.29, 1.82) is 0 Å². The molecule has 0 amide bonds. The zero-order chi connectivity index (χ0) is 15.3. The molecule has 0 aliphatic carbocycles.